The zero-order valence-corrected chi connectivity index (χ0v) is 21.5. The number of likely N-dealkylation sites (tertiary alicyclic amines) is 1. The first-order valence-corrected chi connectivity index (χ1v) is 12.6. The Morgan fingerprint density at radius 3 is 2.56 bits per heavy atom. The van der Waals surface area contributed by atoms with E-state index in [1.807, 2.05) is 17.0 Å². The van der Waals surface area contributed by atoms with Crippen LogP contribution in [0.2, 0.25) is 0 Å². The zero-order valence-electron chi connectivity index (χ0n) is 21.5. The van der Waals surface area contributed by atoms with E-state index in [-0.39, 0.29) is 29.6 Å². The van der Waals surface area contributed by atoms with Gasteiger partial charge in [-0.15, -0.1) is 0 Å². The second kappa shape index (κ2) is 11.1. The third kappa shape index (κ3) is 5.69. The van der Waals surface area contributed by atoms with Crippen LogP contribution in [0.3, 0.4) is 0 Å². The number of piperidine rings is 1. The largest absolute Gasteiger partial charge is 0.469 e. The molecule has 3 heterocycles. The molecule has 7 nitrogen and oxygen atoms in total. The number of aryl methyl sites for hydroxylation is 1. The maximum atomic E-state index is 14.6. The van der Waals surface area contributed by atoms with Crippen LogP contribution in [0.5, 0.6) is 0 Å². The fourth-order valence-corrected chi connectivity index (χ4v) is 5.12. The van der Waals surface area contributed by atoms with Crippen LogP contribution in [0.1, 0.15) is 64.6 Å². The number of likely N-dealkylation sites (N-methyl/N-ethyl adjacent to an activating group) is 1. The van der Waals surface area contributed by atoms with Gasteiger partial charge in [0.1, 0.15) is 17.3 Å². The second-order valence-corrected chi connectivity index (χ2v) is 10.2. The molecule has 4 rings (SSSR count). The Balaban J connectivity index is 1.48. The molecule has 2 amide bonds. The molecule has 1 unspecified atom stereocenters. The van der Waals surface area contributed by atoms with Crippen molar-refractivity contribution in [3.63, 3.8) is 0 Å². The Morgan fingerprint density at radius 2 is 1.92 bits per heavy atom. The fourth-order valence-electron chi connectivity index (χ4n) is 5.12. The van der Waals surface area contributed by atoms with Crippen molar-refractivity contribution in [2.45, 2.75) is 52.5 Å². The van der Waals surface area contributed by atoms with Crippen molar-refractivity contribution in [1.82, 2.24) is 20.0 Å². The summed E-state index contributed by atoms with van der Waals surface area (Å²) < 4.78 is 19.9. The van der Waals surface area contributed by atoms with Gasteiger partial charge >= 0.3 is 0 Å². The standard InChI is InChI=1S/C28H35FN4O3/c1-18(2)15-22-17-25(31-30-22)28(35)33-12-9-20(10-13-33)26(16-21-7-5-6-8-24(21)29)32(4)27(34)23-11-14-36-19(23)3/h5-8,11,14,17-18,20,26H,9-10,12-13,15-16H2,1-4H3,(H,30,31). The number of benzene rings is 1. The number of nitrogens with zero attached hydrogens (tertiary/aromatic N) is 3. The maximum Gasteiger partial charge on any atom is 0.274 e. The smallest absolute Gasteiger partial charge is 0.274 e. The number of nitrogens with one attached hydrogen (secondary N) is 1. The lowest BCUT2D eigenvalue weighted by Crippen LogP contribution is -2.48. The predicted octanol–water partition coefficient (Wildman–Crippen LogP) is 4.88. The van der Waals surface area contributed by atoms with Crippen LogP contribution >= 0.6 is 0 Å². The highest BCUT2D eigenvalue weighted by Crippen LogP contribution is 2.29. The molecule has 1 aliphatic rings. The number of H-pyrrole nitrogens is 1. The number of carbonyl (C=O) groups is 2. The highest BCUT2D eigenvalue weighted by Gasteiger charge is 2.34. The van der Waals surface area contributed by atoms with Gasteiger partial charge in [-0.1, -0.05) is 32.0 Å². The van der Waals surface area contributed by atoms with Crippen LogP contribution in [0, 0.1) is 24.6 Å². The van der Waals surface area contributed by atoms with Crippen molar-refractivity contribution < 1.29 is 18.4 Å². The lowest BCUT2D eigenvalue weighted by molar-refractivity contribution is 0.0517. The minimum absolute atomic E-state index is 0.0798. The normalized spacial score (nSPS) is 15.3. The first-order chi connectivity index (χ1) is 17.2. The van der Waals surface area contributed by atoms with E-state index in [1.54, 1.807) is 37.1 Å². The molecule has 0 bridgehead atoms. The van der Waals surface area contributed by atoms with Crippen LogP contribution in [0.4, 0.5) is 4.39 Å². The molecule has 0 radical (unpaired) electrons. The summed E-state index contributed by atoms with van der Waals surface area (Å²) in [6, 6.07) is 10.0. The third-order valence-corrected chi connectivity index (χ3v) is 7.14. The average molecular weight is 495 g/mol. The molecule has 0 aliphatic carbocycles. The van der Waals surface area contributed by atoms with E-state index in [4.69, 9.17) is 4.42 Å². The highest BCUT2D eigenvalue weighted by atomic mass is 19.1. The first-order valence-electron chi connectivity index (χ1n) is 12.6. The molecule has 0 saturated carbocycles. The van der Waals surface area contributed by atoms with Crippen LogP contribution < -0.4 is 0 Å². The van der Waals surface area contributed by atoms with E-state index in [2.05, 4.69) is 24.0 Å². The molecular weight excluding hydrogens is 459 g/mol. The second-order valence-electron chi connectivity index (χ2n) is 10.2. The van der Waals surface area contributed by atoms with Crippen molar-refractivity contribution in [3.05, 3.63) is 76.8 Å². The van der Waals surface area contributed by atoms with Crippen molar-refractivity contribution in [1.29, 1.82) is 0 Å². The maximum absolute atomic E-state index is 14.6. The van der Waals surface area contributed by atoms with Gasteiger partial charge in [-0.05, 0) is 68.2 Å². The van der Waals surface area contributed by atoms with Gasteiger partial charge in [-0.25, -0.2) is 4.39 Å². The number of aromatic nitrogens is 2. The number of carbonyl (C=O) groups excluding carboxylic acids is 2. The van der Waals surface area contributed by atoms with E-state index in [1.165, 1.54) is 12.3 Å². The van der Waals surface area contributed by atoms with E-state index in [0.717, 1.165) is 25.0 Å². The van der Waals surface area contributed by atoms with Crippen molar-refractivity contribution >= 4 is 11.8 Å². The molecule has 36 heavy (non-hydrogen) atoms. The molecule has 2 aromatic heterocycles. The topological polar surface area (TPSA) is 82.4 Å². The van der Waals surface area contributed by atoms with Gasteiger partial charge in [0.05, 0.1) is 11.8 Å². The molecule has 0 spiro atoms. The van der Waals surface area contributed by atoms with Crippen LogP contribution in [-0.4, -0.2) is 58.0 Å². The number of rotatable bonds is 8. The molecule has 192 valence electrons. The number of amides is 2. The third-order valence-electron chi connectivity index (χ3n) is 7.14. The van der Waals surface area contributed by atoms with Gasteiger partial charge in [-0.2, -0.15) is 5.10 Å². The van der Waals surface area contributed by atoms with Gasteiger partial charge in [0.2, 0.25) is 0 Å². The molecule has 8 heteroatoms. The first kappa shape index (κ1) is 25.7. The molecule has 1 atom stereocenters. The van der Waals surface area contributed by atoms with Crippen molar-refractivity contribution in [3.8, 4) is 0 Å². The molecule has 3 aromatic rings. The molecule has 1 aromatic carbocycles. The van der Waals surface area contributed by atoms with Gasteiger partial charge in [-0.3, -0.25) is 14.7 Å². The summed E-state index contributed by atoms with van der Waals surface area (Å²) >= 11 is 0. The summed E-state index contributed by atoms with van der Waals surface area (Å²) in [6.45, 7) is 7.15. The van der Waals surface area contributed by atoms with Gasteiger partial charge < -0.3 is 14.2 Å². The SMILES string of the molecule is Cc1occc1C(=O)N(C)C(Cc1ccccc1F)C1CCN(C(=O)c2cc(CC(C)C)[nH]n2)CC1. The number of aromatic amines is 1. The number of hydrogen-bond donors (Lipinski definition) is 1. The molecule has 1 saturated heterocycles. The number of furan rings is 1. The van der Waals surface area contributed by atoms with Crippen molar-refractivity contribution in [2.75, 3.05) is 20.1 Å². The fraction of sp³-hybridized carbons (Fsp3) is 0.464. The lowest BCUT2D eigenvalue weighted by Gasteiger charge is -2.40. The van der Waals surface area contributed by atoms with E-state index < -0.39 is 0 Å². The molecular formula is C28H35FN4O3. The molecule has 1 fully saturated rings. The number of halogens is 1. The monoisotopic (exact) mass is 494 g/mol. The zero-order chi connectivity index (χ0) is 25.8. The Morgan fingerprint density at radius 1 is 1.19 bits per heavy atom. The van der Waals surface area contributed by atoms with Crippen LogP contribution in [0.15, 0.2) is 47.1 Å². The molecule has 1 N–H and O–H groups in total. The van der Waals surface area contributed by atoms with Crippen molar-refractivity contribution in [2.24, 2.45) is 11.8 Å². The minimum atomic E-state index is -0.272. The summed E-state index contributed by atoms with van der Waals surface area (Å²) in [5.41, 5.74) is 2.50. The number of hydrogen-bond acceptors (Lipinski definition) is 4. The van der Waals surface area contributed by atoms with E-state index in [0.29, 0.717) is 48.0 Å². The van der Waals surface area contributed by atoms with Crippen LogP contribution in [0.25, 0.3) is 0 Å². The summed E-state index contributed by atoms with van der Waals surface area (Å²) in [5.74, 6) is 0.657. The molecule has 1 aliphatic heterocycles. The van der Waals surface area contributed by atoms with E-state index in [9.17, 15) is 14.0 Å². The van der Waals surface area contributed by atoms with E-state index >= 15 is 0 Å². The predicted molar refractivity (Wildman–Crippen MR) is 135 cm³/mol. The minimum Gasteiger partial charge on any atom is -0.469 e. The Kier molecular flexibility index (Phi) is 7.91. The summed E-state index contributed by atoms with van der Waals surface area (Å²) in [7, 11) is 1.78. The van der Waals surface area contributed by atoms with Crippen LogP contribution in [-0.2, 0) is 12.8 Å². The lowest BCUT2D eigenvalue weighted by atomic mass is 9.84. The Bertz CT molecular complexity index is 1190. The van der Waals surface area contributed by atoms with Gasteiger partial charge in [0.25, 0.3) is 11.8 Å². The highest BCUT2D eigenvalue weighted by molar-refractivity contribution is 5.95. The quantitative estimate of drug-likeness (QED) is 0.484. The summed E-state index contributed by atoms with van der Waals surface area (Å²) in [4.78, 5) is 29.9. The Hall–Kier alpha value is -3.42. The summed E-state index contributed by atoms with van der Waals surface area (Å²) in [6.07, 6.45) is 4.19. The Labute approximate surface area is 211 Å². The summed E-state index contributed by atoms with van der Waals surface area (Å²) in [5, 5.41) is 7.21. The average Bonchev–Trinajstić information content (AvgIpc) is 3.51. The van der Waals surface area contributed by atoms with Gasteiger partial charge in [0, 0.05) is 31.9 Å². The van der Waals surface area contributed by atoms with Gasteiger partial charge in [0.15, 0.2) is 0 Å².